The Morgan fingerprint density at radius 3 is 2.70 bits per heavy atom. The normalized spacial score (nSPS) is 21.0. The molecule has 0 N–H and O–H groups in total. The van der Waals surface area contributed by atoms with Crippen LogP contribution in [0.15, 0.2) is 53.1 Å². The van der Waals surface area contributed by atoms with Crippen molar-refractivity contribution >= 4 is 34.5 Å². The molecule has 1 fully saturated rings. The second-order valence-corrected chi connectivity index (χ2v) is 8.25. The van der Waals surface area contributed by atoms with Crippen LogP contribution in [0.5, 0.6) is 0 Å². The molecule has 0 spiro atoms. The molecule has 23 heavy (non-hydrogen) atoms. The van der Waals surface area contributed by atoms with Gasteiger partial charge in [-0.05, 0) is 31.5 Å². The van der Waals surface area contributed by atoms with Gasteiger partial charge in [-0.3, -0.25) is 4.90 Å². The molecule has 0 bridgehead atoms. The van der Waals surface area contributed by atoms with E-state index >= 15 is 0 Å². The van der Waals surface area contributed by atoms with Crippen LogP contribution in [0.1, 0.15) is 25.2 Å². The second kappa shape index (κ2) is 6.37. The molecule has 1 saturated heterocycles. The first-order chi connectivity index (χ1) is 11.0. The predicted octanol–water partition coefficient (Wildman–Crippen LogP) is 3.85. The van der Waals surface area contributed by atoms with Gasteiger partial charge in [-0.25, -0.2) is 0 Å². The Balaban J connectivity index is 1.91. The predicted molar refractivity (Wildman–Crippen MR) is 97.5 cm³/mol. The number of thiocarbonyl (C=S) groups is 1. The van der Waals surface area contributed by atoms with Gasteiger partial charge in [-0.2, -0.15) is 4.74 Å². The molecular weight excluding hydrogens is 328 g/mol. The number of rotatable bonds is 4. The van der Waals surface area contributed by atoms with Crippen LogP contribution in [-0.2, 0) is 6.54 Å². The van der Waals surface area contributed by atoms with Crippen molar-refractivity contribution in [3.8, 4) is 0 Å². The number of furan rings is 1. The van der Waals surface area contributed by atoms with Gasteiger partial charge in [0.05, 0.1) is 12.8 Å². The summed E-state index contributed by atoms with van der Waals surface area (Å²) in [6, 6.07) is 13.6. The van der Waals surface area contributed by atoms with Crippen molar-refractivity contribution in [3.05, 3.63) is 65.3 Å². The molecule has 0 aliphatic carbocycles. The molecule has 0 radical (unpaired) electrons. The Morgan fingerprint density at radius 2 is 2.04 bits per heavy atom. The van der Waals surface area contributed by atoms with Gasteiger partial charge in [0.25, 0.3) is 6.17 Å². The molecular formula is C17H18N2O2S2. The highest BCUT2D eigenvalue weighted by atomic mass is 32.2. The average Bonchev–Trinajstić information content (AvgIpc) is 3.06. The minimum absolute atomic E-state index is 0.309. The van der Waals surface area contributed by atoms with Crippen LogP contribution < -0.4 is 0 Å². The van der Waals surface area contributed by atoms with Crippen molar-refractivity contribution in [2.24, 2.45) is 0 Å². The molecule has 120 valence electrons. The number of hydrogen-bond acceptors (Lipinski definition) is 4. The Labute approximate surface area is 145 Å². The summed E-state index contributed by atoms with van der Waals surface area (Å²) >= 11 is 7.08. The molecule has 1 aliphatic heterocycles. The highest BCUT2D eigenvalue weighted by molar-refractivity contribution is 8.24. The fourth-order valence-electron chi connectivity index (χ4n) is 2.75. The molecule has 2 aromatic rings. The zero-order valence-electron chi connectivity index (χ0n) is 13.0. The van der Waals surface area contributed by atoms with Crippen LogP contribution in [0.4, 0.5) is 0 Å². The van der Waals surface area contributed by atoms with Gasteiger partial charge in [-0.1, -0.05) is 54.3 Å². The molecule has 1 aromatic heterocycles. The monoisotopic (exact) mass is 346 g/mol. The van der Waals surface area contributed by atoms with Crippen LogP contribution in [-0.4, -0.2) is 31.1 Å². The molecule has 0 saturated carbocycles. The minimum Gasteiger partial charge on any atom is -0.622 e. The van der Waals surface area contributed by atoms with E-state index in [1.807, 2.05) is 49.1 Å². The minimum atomic E-state index is -0.384. The van der Waals surface area contributed by atoms with Crippen molar-refractivity contribution in [2.45, 2.75) is 31.3 Å². The summed E-state index contributed by atoms with van der Waals surface area (Å²) in [6.07, 6.45) is 2.66. The fourth-order valence-corrected chi connectivity index (χ4v) is 4.62. The maximum atomic E-state index is 12.8. The standard InChI is InChI=1S/C17H18N2O2S2/c1-17(2)15(19(20)12-14-9-6-10-21-14)18(16(22)23-17)11-13-7-4-3-5-8-13/h3-10,12,15H,11H2,1-2H3/b19-12-. The maximum Gasteiger partial charge on any atom is 0.254 e. The van der Waals surface area contributed by atoms with Crippen molar-refractivity contribution in [1.29, 1.82) is 0 Å². The number of thioether (sulfide) groups is 1. The lowest BCUT2D eigenvalue weighted by Crippen LogP contribution is -2.47. The van der Waals surface area contributed by atoms with E-state index in [0.29, 0.717) is 12.3 Å². The van der Waals surface area contributed by atoms with Gasteiger partial charge in [-0.15, -0.1) is 0 Å². The number of nitrogens with zero attached hydrogens (tertiary/aromatic N) is 2. The molecule has 4 nitrogen and oxygen atoms in total. The molecule has 3 rings (SSSR count). The summed E-state index contributed by atoms with van der Waals surface area (Å²) in [6.45, 7) is 4.70. The number of hydrogen-bond donors (Lipinski definition) is 0. The number of hydroxylamine groups is 1. The smallest absolute Gasteiger partial charge is 0.254 e. The molecule has 1 atom stereocenters. The number of benzene rings is 1. The van der Waals surface area contributed by atoms with Crippen molar-refractivity contribution in [2.75, 3.05) is 0 Å². The first-order valence-electron chi connectivity index (χ1n) is 7.35. The summed E-state index contributed by atoms with van der Waals surface area (Å²) in [5.74, 6) is 0.540. The van der Waals surface area contributed by atoms with Gasteiger partial charge < -0.3 is 9.62 Å². The third kappa shape index (κ3) is 3.43. The van der Waals surface area contributed by atoms with E-state index in [9.17, 15) is 5.21 Å². The molecule has 2 heterocycles. The molecule has 0 amide bonds. The Hall–Kier alpha value is -1.79. The summed E-state index contributed by atoms with van der Waals surface area (Å²) in [5.41, 5.74) is 1.13. The van der Waals surface area contributed by atoms with Crippen molar-refractivity contribution in [1.82, 2.24) is 4.90 Å². The Kier molecular flexibility index (Phi) is 4.46. The van der Waals surface area contributed by atoms with Crippen molar-refractivity contribution < 1.29 is 9.16 Å². The lowest BCUT2D eigenvalue weighted by Gasteiger charge is -2.29. The lowest BCUT2D eigenvalue weighted by atomic mass is 10.1. The van der Waals surface area contributed by atoms with E-state index in [1.165, 1.54) is 6.21 Å². The van der Waals surface area contributed by atoms with Crippen LogP contribution in [0.25, 0.3) is 0 Å². The van der Waals surface area contributed by atoms with Gasteiger partial charge in [0.2, 0.25) is 6.21 Å². The van der Waals surface area contributed by atoms with Gasteiger partial charge in [0, 0.05) is 0 Å². The zero-order chi connectivity index (χ0) is 16.4. The average molecular weight is 346 g/mol. The third-order valence-electron chi connectivity index (χ3n) is 3.74. The lowest BCUT2D eigenvalue weighted by molar-refractivity contribution is -0.524. The zero-order valence-corrected chi connectivity index (χ0v) is 14.6. The van der Waals surface area contributed by atoms with Crippen LogP contribution in [0.3, 0.4) is 0 Å². The Morgan fingerprint density at radius 1 is 1.30 bits per heavy atom. The highest BCUT2D eigenvalue weighted by Gasteiger charge is 2.50. The van der Waals surface area contributed by atoms with E-state index in [0.717, 1.165) is 14.6 Å². The molecule has 1 aliphatic rings. The summed E-state index contributed by atoms with van der Waals surface area (Å²) < 4.78 is 6.65. The Bertz CT molecular complexity index is 711. The molecule has 1 aromatic carbocycles. The first kappa shape index (κ1) is 16.1. The quantitative estimate of drug-likeness (QED) is 0.277. The van der Waals surface area contributed by atoms with Crippen molar-refractivity contribution in [3.63, 3.8) is 0 Å². The van der Waals surface area contributed by atoms with Crippen LogP contribution in [0, 0.1) is 5.21 Å². The van der Waals surface area contributed by atoms with Crippen LogP contribution >= 0.6 is 24.0 Å². The third-order valence-corrected chi connectivity index (χ3v) is 5.37. The maximum absolute atomic E-state index is 12.8. The second-order valence-electron chi connectivity index (χ2n) is 5.96. The SMILES string of the molecule is CC1(C)SC(=S)N(Cc2ccccc2)C1/[N+]([O-])=C/c1ccco1. The van der Waals surface area contributed by atoms with E-state index < -0.39 is 0 Å². The highest BCUT2D eigenvalue weighted by Crippen LogP contribution is 2.42. The largest absolute Gasteiger partial charge is 0.622 e. The fraction of sp³-hybridized carbons (Fsp3) is 0.294. The van der Waals surface area contributed by atoms with E-state index in [2.05, 4.69) is 0 Å². The first-order valence-corrected chi connectivity index (χ1v) is 8.57. The topological polar surface area (TPSA) is 42.5 Å². The summed E-state index contributed by atoms with van der Waals surface area (Å²) in [4.78, 5) is 1.99. The van der Waals surface area contributed by atoms with E-state index in [1.54, 1.807) is 30.2 Å². The van der Waals surface area contributed by atoms with Gasteiger partial charge in [0.15, 0.2) is 5.76 Å². The molecule has 6 heteroatoms. The van der Waals surface area contributed by atoms with E-state index in [-0.39, 0.29) is 10.9 Å². The van der Waals surface area contributed by atoms with Gasteiger partial charge >= 0.3 is 0 Å². The summed E-state index contributed by atoms with van der Waals surface area (Å²) in [7, 11) is 0. The molecule has 1 unspecified atom stereocenters. The van der Waals surface area contributed by atoms with Crippen LogP contribution in [0.2, 0.25) is 0 Å². The van der Waals surface area contributed by atoms with E-state index in [4.69, 9.17) is 16.6 Å². The van der Waals surface area contributed by atoms with Gasteiger partial charge in [0.1, 0.15) is 9.07 Å². The summed E-state index contributed by atoms with van der Waals surface area (Å²) in [5, 5.41) is 12.8.